The number of carbonyl (C=O) groups excluding carboxylic acids is 2. The highest BCUT2D eigenvalue weighted by molar-refractivity contribution is 5.76. The second-order valence-electron chi connectivity index (χ2n) is 6.64. The number of benzene rings is 1. The molecule has 1 atom stereocenters. The first-order chi connectivity index (χ1) is 12.6. The number of rotatable bonds is 9. The monoisotopic (exact) mass is 363 g/mol. The molecule has 1 saturated heterocycles. The number of esters is 1. The molecule has 144 valence electrons. The zero-order chi connectivity index (χ0) is 18.8. The van der Waals surface area contributed by atoms with Crippen molar-refractivity contribution in [2.75, 3.05) is 33.4 Å². The number of hydrogen-bond donors (Lipinski definition) is 1. The summed E-state index contributed by atoms with van der Waals surface area (Å²) in [6.07, 6.45) is 2.21. The van der Waals surface area contributed by atoms with Gasteiger partial charge >= 0.3 is 5.97 Å². The Kier molecular flexibility index (Phi) is 8.58. The predicted octanol–water partition coefficient (Wildman–Crippen LogP) is 1.80. The number of nitrogens with zero attached hydrogens (tertiary/aromatic N) is 1. The number of hydrogen-bond acceptors (Lipinski definition) is 5. The van der Waals surface area contributed by atoms with Crippen molar-refractivity contribution >= 4 is 11.9 Å². The van der Waals surface area contributed by atoms with E-state index >= 15 is 0 Å². The maximum Gasteiger partial charge on any atom is 0.334 e. The van der Waals surface area contributed by atoms with Crippen molar-refractivity contribution in [1.29, 1.82) is 0 Å². The topological polar surface area (TPSA) is 76.1 Å². The Morgan fingerprint density at radius 1 is 1.19 bits per heavy atom. The summed E-state index contributed by atoms with van der Waals surface area (Å²) in [5.74, 6) is -0.613. The van der Waals surface area contributed by atoms with Gasteiger partial charge in [-0.25, -0.2) is 4.79 Å². The third-order valence-electron chi connectivity index (χ3n) is 4.84. The molecule has 0 radical (unpaired) electrons. The largest absolute Gasteiger partial charge is 0.467 e. The van der Waals surface area contributed by atoms with E-state index in [0.29, 0.717) is 52.0 Å². The van der Waals surface area contributed by atoms with Gasteiger partial charge in [-0.05, 0) is 37.2 Å². The van der Waals surface area contributed by atoms with Crippen molar-refractivity contribution in [2.45, 2.75) is 38.2 Å². The maximum absolute atomic E-state index is 12.2. The maximum atomic E-state index is 12.2. The summed E-state index contributed by atoms with van der Waals surface area (Å²) < 4.78 is 10.2. The lowest BCUT2D eigenvalue weighted by Gasteiger charge is -2.33. The summed E-state index contributed by atoms with van der Waals surface area (Å²) in [5.41, 5.74) is 1.25. The molecule has 0 spiro atoms. The van der Waals surface area contributed by atoms with Gasteiger partial charge in [0.25, 0.3) is 0 Å². The van der Waals surface area contributed by atoms with Crippen LogP contribution in [0, 0.1) is 5.92 Å². The van der Waals surface area contributed by atoms with E-state index in [2.05, 4.69) is 16.9 Å². The summed E-state index contributed by atoms with van der Waals surface area (Å²) in [6.45, 7) is 2.39. The Morgan fingerprint density at radius 3 is 2.54 bits per heavy atom. The van der Waals surface area contributed by atoms with E-state index in [0.717, 1.165) is 6.42 Å². The molecule has 1 heterocycles. The summed E-state index contributed by atoms with van der Waals surface area (Å²) in [7, 11) is 1.27. The van der Waals surface area contributed by atoms with Gasteiger partial charge in [-0.1, -0.05) is 30.3 Å². The van der Waals surface area contributed by atoms with Crippen LogP contribution >= 0.6 is 0 Å². The molecule has 6 heteroatoms. The molecule has 1 aliphatic rings. The van der Waals surface area contributed by atoms with Crippen molar-refractivity contribution in [3.05, 3.63) is 35.9 Å². The van der Waals surface area contributed by atoms with Gasteiger partial charge in [-0.3, -0.25) is 4.79 Å². The Balaban J connectivity index is 1.56. The SMILES string of the molecule is COC(=O)[C@@H](O)C1CCN(C(=O)CCCOCCc2ccccc2)CC1. The smallest absolute Gasteiger partial charge is 0.334 e. The van der Waals surface area contributed by atoms with Crippen LogP contribution in [0.4, 0.5) is 0 Å². The summed E-state index contributed by atoms with van der Waals surface area (Å²) in [4.78, 5) is 25.4. The number of piperidine rings is 1. The third-order valence-corrected chi connectivity index (χ3v) is 4.84. The molecule has 0 unspecified atom stereocenters. The minimum Gasteiger partial charge on any atom is -0.467 e. The number of amides is 1. The van der Waals surface area contributed by atoms with E-state index in [1.807, 2.05) is 23.1 Å². The van der Waals surface area contributed by atoms with Gasteiger partial charge in [0.05, 0.1) is 13.7 Å². The van der Waals surface area contributed by atoms with Gasteiger partial charge < -0.3 is 19.5 Å². The number of methoxy groups -OCH3 is 1. The highest BCUT2D eigenvalue weighted by Gasteiger charge is 2.31. The lowest BCUT2D eigenvalue weighted by atomic mass is 9.91. The van der Waals surface area contributed by atoms with Crippen LogP contribution in [0.15, 0.2) is 30.3 Å². The fourth-order valence-corrected chi connectivity index (χ4v) is 3.20. The van der Waals surface area contributed by atoms with E-state index < -0.39 is 12.1 Å². The quantitative estimate of drug-likeness (QED) is 0.535. The van der Waals surface area contributed by atoms with Gasteiger partial charge in [-0.2, -0.15) is 0 Å². The molecule has 1 N–H and O–H groups in total. The average molecular weight is 363 g/mol. The molecular weight excluding hydrogens is 334 g/mol. The predicted molar refractivity (Wildman–Crippen MR) is 97.5 cm³/mol. The fraction of sp³-hybridized carbons (Fsp3) is 0.600. The summed E-state index contributed by atoms with van der Waals surface area (Å²) in [5, 5.41) is 9.88. The first-order valence-corrected chi connectivity index (χ1v) is 9.27. The number of ether oxygens (including phenoxy) is 2. The first kappa shape index (κ1) is 20.4. The minimum absolute atomic E-state index is 0.114. The van der Waals surface area contributed by atoms with Gasteiger partial charge in [-0.15, -0.1) is 0 Å². The normalized spacial score (nSPS) is 16.3. The minimum atomic E-state index is -1.09. The summed E-state index contributed by atoms with van der Waals surface area (Å²) in [6, 6.07) is 10.2. The third kappa shape index (κ3) is 6.42. The molecule has 0 aliphatic carbocycles. The molecule has 1 aromatic rings. The van der Waals surface area contributed by atoms with Crippen LogP contribution in [0.3, 0.4) is 0 Å². The molecule has 1 fully saturated rings. The zero-order valence-electron chi connectivity index (χ0n) is 15.4. The first-order valence-electron chi connectivity index (χ1n) is 9.27. The Hall–Kier alpha value is -1.92. The highest BCUT2D eigenvalue weighted by Crippen LogP contribution is 2.22. The molecule has 1 aromatic carbocycles. The number of aliphatic hydroxyl groups is 1. The number of carbonyl (C=O) groups is 2. The number of aliphatic hydroxyl groups excluding tert-OH is 1. The van der Waals surface area contributed by atoms with Crippen LogP contribution in [0.5, 0.6) is 0 Å². The van der Waals surface area contributed by atoms with E-state index in [4.69, 9.17) is 4.74 Å². The lowest BCUT2D eigenvalue weighted by molar-refractivity contribution is -0.154. The van der Waals surface area contributed by atoms with E-state index in [9.17, 15) is 14.7 Å². The van der Waals surface area contributed by atoms with Crippen LogP contribution in [0.25, 0.3) is 0 Å². The van der Waals surface area contributed by atoms with E-state index in [1.54, 1.807) is 0 Å². The van der Waals surface area contributed by atoms with Crippen LogP contribution < -0.4 is 0 Å². The molecule has 0 saturated carbocycles. The van der Waals surface area contributed by atoms with Gasteiger partial charge in [0.2, 0.25) is 5.91 Å². The molecule has 26 heavy (non-hydrogen) atoms. The van der Waals surface area contributed by atoms with Crippen molar-refractivity contribution < 1.29 is 24.2 Å². The second-order valence-corrected chi connectivity index (χ2v) is 6.64. The fourth-order valence-electron chi connectivity index (χ4n) is 3.20. The molecule has 1 amide bonds. The standard InChI is InChI=1S/C20H29NO5/c1-25-20(24)19(23)17-9-12-21(13-10-17)18(22)8-5-14-26-15-11-16-6-3-2-4-7-16/h2-4,6-7,17,19,23H,5,8-15H2,1H3/t19-/m0/s1. The van der Waals surface area contributed by atoms with Crippen molar-refractivity contribution in [1.82, 2.24) is 4.90 Å². The van der Waals surface area contributed by atoms with Gasteiger partial charge in [0.1, 0.15) is 0 Å². The Labute approximate surface area is 155 Å². The number of likely N-dealkylation sites (tertiary alicyclic amines) is 1. The molecule has 0 bridgehead atoms. The molecule has 2 rings (SSSR count). The van der Waals surface area contributed by atoms with E-state index in [-0.39, 0.29) is 11.8 Å². The molecule has 6 nitrogen and oxygen atoms in total. The van der Waals surface area contributed by atoms with Crippen LogP contribution in [-0.2, 0) is 25.5 Å². The zero-order valence-corrected chi connectivity index (χ0v) is 15.4. The van der Waals surface area contributed by atoms with Gasteiger partial charge in [0.15, 0.2) is 6.10 Å². The van der Waals surface area contributed by atoms with Crippen LogP contribution in [0.2, 0.25) is 0 Å². The lowest BCUT2D eigenvalue weighted by Crippen LogP contribution is -2.43. The highest BCUT2D eigenvalue weighted by atomic mass is 16.5. The van der Waals surface area contributed by atoms with E-state index in [1.165, 1.54) is 12.7 Å². The second kappa shape index (κ2) is 10.9. The van der Waals surface area contributed by atoms with Gasteiger partial charge in [0, 0.05) is 26.1 Å². The van der Waals surface area contributed by atoms with Crippen molar-refractivity contribution in [2.24, 2.45) is 5.92 Å². The molecule has 1 aliphatic heterocycles. The van der Waals surface area contributed by atoms with Crippen molar-refractivity contribution in [3.63, 3.8) is 0 Å². The van der Waals surface area contributed by atoms with Crippen molar-refractivity contribution in [3.8, 4) is 0 Å². The molecular formula is C20H29NO5. The Bertz CT molecular complexity index is 555. The average Bonchev–Trinajstić information content (AvgIpc) is 2.70. The Morgan fingerprint density at radius 2 is 1.88 bits per heavy atom. The molecule has 0 aromatic heterocycles. The summed E-state index contributed by atoms with van der Waals surface area (Å²) >= 11 is 0. The van der Waals surface area contributed by atoms with Crippen LogP contribution in [0.1, 0.15) is 31.2 Å². The van der Waals surface area contributed by atoms with Crippen LogP contribution in [-0.4, -0.2) is 61.4 Å².